The van der Waals surface area contributed by atoms with Gasteiger partial charge in [0.1, 0.15) is 6.73 Å². The van der Waals surface area contributed by atoms with Crippen LogP contribution in [-0.2, 0) is 4.74 Å². The first-order valence-corrected chi connectivity index (χ1v) is 10.9. The van der Waals surface area contributed by atoms with E-state index in [1.54, 1.807) is 0 Å². The number of piperidine rings is 1. The SMILES string of the molecule is CCCCCCNC(=O)OCN1CCC2[C@@H](C1)c1cccc3c1N2CCN3C. The maximum absolute atomic E-state index is 12.0. The second-order valence-corrected chi connectivity index (χ2v) is 8.42. The molecule has 1 amide bonds. The van der Waals surface area contributed by atoms with Gasteiger partial charge in [-0.1, -0.05) is 38.3 Å². The normalized spacial score (nSPS) is 23.4. The monoisotopic (exact) mass is 386 g/mol. The molecule has 0 saturated carbocycles. The highest BCUT2D eigenvalue weighted by Gasteiger charge is 2.44. The number of hydrogen-bond acceptors (Lipinski definition) is 5. The first kappa shape index (κ1) is 19.4. The van der Waals surface area contributed by atoms with E-state index in [1.807, 2.05) is 0 Å². The van der Waals surface area contributed by atoms with E-state index in [9.17, 15) is 4.79 Å². The zero-order valence-corrected chi connectivity index (χ0v) is 17.3. The lowest BCUT2D eigenvalue weighted by Gasteiger charge is -2.41. The lowest BCUT2D eigenvalue weighted by Crippen LogP contribution is -2.49. The van der Waals surface area contributed by atoms with E-state index in [0.717, 1.165) is 39.0 Å². The summed E-state index contributed by atoms with van der Waals surface area (Å²) in [5.74, 6) is 0.510. The van der Waals surface area contributed by atoms with Crippen molar-refractivity contribution in [3.63, 3.8) is 0 Å². The molecule has 3 aliphatic heterocycles. The largest absolute Gasteiger partial charge is 0.433 e. The van der Waals surface area contributed by atoms with Gasteiger partial charge in [0.05, 0.1) is 11.4 Å². The summed E-state index contributed by atoms with van der Waals surface area (Å²) in [7, 11) is 2.19. The van der Waals surface area contributed by atoms with Gasteiger partial charge < -0.3 is 19.9 Å². The molecule has 1 N–H and O–H groups in total. The fourth-order valence-corrected chi connectivity index (χ4v) is 5.04. The highest BCUT2D eigenvalue weighted by molar-refractivity contribution is 5.80. The van der Waals surface area contributed by atoms with E-state index in [-0.39, 0.29) is 6.09 Å². The van der Waals surface area contributed by atoms with Crippen LogP contribution in [0.2, 0.25) is 0 Å². The van der Waals surface area contributed by atoms with Crippen LogP contribution in [0, 0.1) is 0 Å². The van der Waals surface area contributed by atoms with Gasteiger partial charge in [-0.05, 0) is 24.5 Å². The maximum Gasteiger partial charge on any atom is 0.408 e. The molecule has 0 aliphatic carbocycles. The van der Waals surface area contributed by atoms with Crippen LogP contribution in [0.1, 0.15) is 50.5 Å². The van der Waals surface area contributed by atoms with Crippen molar-refractivity contribution in [2.24, 2.45) is 0 Å². The van der Waals surface area contributed by atoms with Crippen LogP contribution in [0.15, 0.2) is 18.2 Å². The number of fused-ring (bicyclic) bond motifs is 3. The zero-order valence-electron chi connectivity index (χ0n) is 17.3. The summed E-state index contributed by atoms with van der Waals surface area (Å²) in [6, 6.07) is 7.32. The van der Waals surface area contributed by atoms with Crippen molar-refractivity contribution in [2.75, 3.05) is 56.3 Å². The highest BCUT2D eigenvalue weighted by Crippen LogP contribution is 2.50. The number of nitrogens with zero attached hydrogens (tertiary/aromatic N) is 3. The number of rotatable bonds is 7. The molecule has 0 aromatic heterocycles. The molecule has 154 valence electrons. The predicted molar refractivity (Wildman–Crippen MR) is 113 cm³/mol. The molecule has 6 heteroatoms. The van der Waals surface area contributed by atoms with E-state index < -0.39 is 0 Å². The Morgan fingerprint density at radius 2 is 2.11 bits per heavy atom. The molecule has 2 atom stereocenters. The number of alkyl carbamates (subject to hydrolysis) is 1. The van der Waals surface area contributed by atoms with Crippen molar-refractivity contribution >= 4 is 17.5 Å². The predicted octanol–water partition coefficient (Wildman–Crippen LogP) is 3.38. The summed E-state index contributed by atoms with van der Waals surface area (Å²) in [5.41, 5.74) is 4.28. The molecule has 1 aromatic carbocycles. The second kappa shape index (κ2) is 8.60. The van der Waals surface area contributed by atoms with Crippen molar-refractivity contribution in [3.05, 3.63) is 23.8 Å². The van der Waals surface area contributed by atoms with Gasteiger partial charge in [-0.2, -0.15) is 0 Å². The smallest absolute Gasteiger partial charge is 0.408 e. The number of anilines is 2. The van der Waals surface area contributed by atoms with Crippen molar-refractivity contribution in [2.45, 2.75) is 51.0 Å². The maximum atomic E-state index is 12.0. The minimum Gasteiger partial charge on any atom is -0.433 e. The molecule has 1 aromatic rings. The van der Waals surface area contributed by atoms with Gasteiger partial charge in [0.2, 0.25) is 0 Å². The number of benzene rings is 1. The number of ether oxygens (including phenoxy) is 1. The van der Waals surface area contributed by atoms with Crippen molar-refractivity contribution < 1.29 is 9.53 Å². The molecular formula is C22H34N4O2. The highest BCUT2D eigenvalue weighted by atomic mass is 16.6. The van der Waals surface area contributed by atoms with E-state index in [0.29, 0.717) is 25.2 Å². The van der Waals surface area contributed by atoms with Crippen LogP contribution in [0.5, 0.6) is 0 Å². The minimum absolute atomic E-state index is 0.283. The van der Waals surface area contributed by atoms with Crippen LogP contribution < -0.4 is 15.1 Å². The molecule has 3 aliphatic rings. The quantitative estimate of drug-likeness (QED) is 0.728. The molecule has 1 fully saturated rings. The average Bonchev–Trinajstić information content (AvgIpc) is 3.03. The van der Waals surface area contributed by atoms with Gasteiger partial charge in [-0.3, -0.25) is 4.90 Å². The van der Waals surface area contributed by atoms with Crippen LogP contribution in [-0.4, -0.2) is 63.5 Å². The molecule has 1 unspecified atom stereocenters. The molecule has 1 saturated heterocycles. The van der Waals surface area contributed by atoms with E-state index in [1.165, 1.54) is 36.2 Å². The Morgan fingerprint density at radius 1 is 1.21 bits per heavy atom. The van der Waals surface area contributed by atoms with Gasteiger partial charge in [-0.15, -0.1) is 0 Å². The molecule has 0 radical (unpaired) electrons. The van der Waals surface area contributed by atoms with Crippen LogP contribution in [0.4, 0.5) is 16.2 Å². The Labute approximate surface area is 168 Å². The van der Waals surface area contributed by atoms with Gasteiger partial charge in [0.25, 0.3) is 0 Å². The third-order valence-corrected chi connectivity index (χ3v) is 6.56. The summed E-state index contributed by atoms with van der Waals surface area (Å²) in [6.07, 6.45) is 5.47. The number of amides is 1. The Kier molecular flexibility index (Phi) is 5.95. The fraction of sp³-hybridized carbons (Fsp3) is 0.682. The van der Waals surface area contributed by atoms with Gasteiger partial charge >= 0.3 is 6.09 Å². The summed E-state index contributed by atoms with van der Waals surface area (Å²) in [5, 5.41) is 2.88. The first-order valence-electron chi connectivity index (χ1n) is 10.9. The number of likely N-dealkylation sites (tertiary alicyclic amines) is 1. The third kappa shape index (κ3) is 3.79. The van der Waals surface area contributed by atoms with E-state index in [2.05, 4.69) is 52.2 Å². The van der Waals surface area contributed by atoms with Crippen molar-refractivity contribution in [1.29, 1.82) is 0 Å². The molecule has 6 nitrogen and oxygen atoms in total. The summed E-state index contributed by atoms with van der Waals surface area (Å²) >= 11 is 0. The summed E-state index contributed by atoms with van der Waals surface area (Å²) in [6.45, 7) is 7.44. The average molecular weight is 387 g/mol. The van der Waals surface area contributed by atoms with Gasteiger partial charge in [-0.25, -0.2) is 4.79 Å². The lowest BCUT2D eigenvalue weighted by atomic mass is 9.89. The van der Waals surface area contributed by atoms with E-state index >= 15 is 0 Å². The van der Waals surface area contributed by atoms with Crippen LogP contribution >= 0.6 is 0 Å². The molecule has 0 spiro atoms. The standard InChI is InChI=1S/C22H34N4O2/c1-3-4-5-6-11-23-22(27)28-16-25-12-10-19-18(15-25)17-8-7-9-20-21(17)26(19)14-13-24(20)2/h7-9,18-19H,3-6,10-16H2,1-2H3,(H,23,27)/t18-,19?/m0/s1. The number of unbranched alkanes of at least 4 members (excludes halogenated alkanes) is 3. The number of likely N-dealkylation sites (N-methyl/N-ethyl adjacent to an activating group) is 1. The zero-order chi connectivity index (χ0) is 19.5. The Morgan fingerprint density at radius 3 is 2.96 bits per heavy atom. The Bertz CT molecular complexity index is 695. The minimum atomic E-state index is -0.283. The van der Waals surface area contributed by atoms with Crippen molar-refractivity contribution in [3.8, 4) is 0 Å². The first-order chi connectivity index (χ1) is 13.7. The second-order valence-electron chi connectivity index (χ2n) is 8.42. The van der Waals surface area contributed by atoms with Crippen LogP contribution in [0.3, 0.4) is 0 Å². The van der Waals surface area contributed by atoms with Gasteiger partial charge in [0, 0.05) is 51.7 Å². The number of para-hydroxylation sites is 1. The third-order valence-electron chi connectivity index (χ3n) is 6.56. The summed E-state index contributed by atoms with van der Waals surface area (Å²) in [4.78, 5) is 19.3. The molecule has 4 rings (SSSR count). The van der Waals surface area contributed by atoms with Crippen molar-refractivity contribution in [1.82, 2.24) is 10.2 Å². The number of nitrogens with one attached hydrogen (secondary N) is 1. The molecule has 0 bridgehead atoms. The Balaban J connectivity index is 1.31. The molecule has 28 heavy (non-hydrogen) atoms. The van der Waals surface area contributed by atoms with Crippen LogP contribution in [0.25, 0.3) is 0 Å². The number of hydrogen-bond donors (Lipinski definition) is 1. The number of carbonyl (C=O) groups is 1. The molecular weight excluding hydrogens is 352 g/mol. The number of carbonyl (C=O) groups excluding carboxylic acids is 1. The van der Waals surface area contributed by atoms with E-state index in [4.69, 9.17) is 4.74 Å². The van der Waals surface area contributed by atoms with Gasteiger partial charge in [0.15, 0.2) is 0 Å². The fourth-order valence-electron chi connectivity index (χ4n) is 5.04. The summed E-state index contributed by atoms with van der Waals surface area (Å²) < 4.78 is 5.48. The topological polar surface area (TPSA) is 48.1 Å². The lowest BCUT2D eigenvalue weighted by molar-refractivity contribution is 0.0497. The Hall–Kier alpha value is -1.95. The molecule has 3 heterocycles.